The predicted octanol–water partition coefficient (Wildman–Crippen LogP) is 3.80. The summed E-state index contributed by atoms with van der Waals surface area (Å²) in [6.07, 6.45) is 1.57. The maximum Gasteiger partial charge on any atom is 0.251 e. The van der Waals surface area contributed by atoms with E-state index < -0.39 is 0 Å². The zero-order valence-corrected chi connectivity index (χ0v) is 14.3. The van der Waals surface area contributed by atoms with Crippen molar-refractivity contribution in [2.75, 3.05) is 0 Å². The normalized spacial score (nSPS) is 10.5. The van der Waals surface area contributed by atoms with E-state index in [0.717, 1.165) is 22.6 Å². The lowest BCUT2D eigenvalue weighted by atomic mass is 10.2. The van der Waals surface area contributed by atoms with Gasteiger partial charge in [0.2, 0.25) is 5.88 Å². The van der Waals surface area contributed by atoms with Crippen LogP contribution in [0.25, 0.3) is 0 Å². The number of amides is 1. The van der Waals surface area contributed by atoms with E-state index in [1.165, 1.54) is 0 Å². The lowest BCUT2D eigenvalue weighted by Crippen LogP contribution is -2.23. The van der Waals surface area contributed by atoms with E-state index in [4.69, 9.17) is 9.15 Å². The molecule has 0 fully saturated rings. The Kier molecular flexibility index (Phi) is 5.14. The van der Waals surface area contributed by atoms with Gasteiger partial charge in [-0.2, -0.15) is 0 Å². The van der Waals surface area contributed by atoms with Crippen molar-refractivity contribution in [3.05, 3.63) is 82.9 Å². The van der Waals surface area contributed by atoms with Crippen LogP contribution in [-0.4, -0.2) is 10.9 Å². The summed E-state index contributed by atoms with van der Waals surface area (Å²) < 4.78 is 11.1. The van der Waals surface area contributed by atoms with Gasteiger partial charge in [0, 0.05) is 29.9 Å². The van der Waals surface area contributed by atoms with Gasteiger partial charge in [-0.1, -0.05) is 30.3 Å². The number of nitrogens with one attached hydrogen (secondary N) is 1. The molecule has 0 aliphatic carbocycles. The van der Waals surface area contributed by atoms with E-state index in [1.807, 2.05) is 50.2 Å². The molecule has 1 amide bonds. The van der Waals surface area contributed by atoms with Crippen molar-refractivity contribution < 1.29 is 13.9 Å². The molecule has 25 heavy (non-hydrogen) atoms. The van der Waals surface area contributed by atoms with Crippen LogP contribution in [0.2, 0.25) is 0 Å². The molecule has 1 N–H and O–H groups in total. The highest BCUT2D eigenvalue weighted by atomic mass is 16.5. The second-order valence-corrected chi connectivity index (χ2v) is 5.78. The zero-order valence-electron chi connectivity index (χ0n) is 14.3. The van der Waals surface area contributed by atoms with Gasteiger partial charge in [0.25, 0.3) is 5.91 Å². The average molecular weight is 336 g/mol. The fraction of sp³-hybridized carbons (Fsp3) is 0.200. The summed E-state index contributed by atoms with van der Waals surface area (Å²) in [5.41, 5.74) is 2.53. The van der Waals surface area contributed by atoms with Gasteiger partial charge in [-0.05, 0) is 31.5 Å². The second-order valence-electron chi connectivity index (χ2n) is 5.78. The van der Waals surface area contributed by atoms with E-state index in [2.05, 4.69) is 10.3 Å². The first-order chi connectivity index (χ1) is 12.1. The molecule has 0 aliphatic heterocycles. The number of nitrogens with zero attached hydrogens (tertiary/aromatic N) is 1. The van der Waals surface area contributed by atoms with Crippen molar-refractivity contribution in [2.45, 2.75) is 27.0 Å². The summed E-state index contributed by atoms with van der Waals surface area (Å²) in [5.74, 6) is 1.90. The molecule has 5 nitrogen and oxygen atoms in total. The summed E-state index contributed by atoms with van der Waals surface area (Å²) >= 11 is 0. The van der Waals surface area contributed by atoms with Crippen molar-refractivity contribution in [2.24, 2.45) is 0 Å². The van der Waals surface area contributed by atoms with Crippen molar-refractivity contribution in [1.29, 1.82) is 0 Å². The first-order valence-electron chi connectivity index (χ1n) is 8.09. The van der Waals surface area contributed by atoms with Crippen LogP contribution in [0, 0.1) is 13.8 Å². The van der Waals surface area contributed by atoms with Gasteiger partial charge in [0.1, 0.15) is 18.1 Å². The van der Waals surface area contributed by atoms with E-state index in [9.17, 15) is 4.79 Å². The molecule has 0 atom stereocenters. The third-order valence-corrected chi connectivity index (χ3v) is 3.81. The Morgan fingerprint density at radius 3 is 2.68 bits per heavy atom. The Hall–Kier alpha value is -3.08. The molecule has 0 bridgehead atoms. The first kappa shape index (κ1) is 16.8. The molecule has 0 unspecified atom stereocenters. The monoisotopic (exact) mass is 336 g/mol. The number of carbonyl (C=O) groups is 1. The average Bonchev–Trinajstić information content (AvgIpc) is 2.96. The summed E-state index contributed by atoms with van der Waals surface area (Å²) in [6.45, 7) is 4.60. The van der Waals surface area contributed by atoms with Crippen LogP contribution in [0.4, 0.5) is 0 Å². The summed E-state index contributed by atoms with van der Waals surface area (Å²) in [5, 5.41) is 2.89. The maximum atomic E-state index is 12.3. The molecular weight excluding hydrogens is 316 g/mol. The Morgan fingerprint density at radius 1 is 1.16 bits per heavy atom. The number of pyridine rings is 1. The molecule has 128 valence electrons. The number of hydrogen-bond donors (Lipinski definition) is 1. The fourth-order valence-electron chi connectivity index (χ4n) is 2.50. The zero-order chi connectivity index (χ0) is 17.6. The number of aryl methyl sites for hydroxylation is 2. The molecule has 0 aliphatic rings. The molecule has 0 spiro atoms. The van der Waals surface area contributed by atoms with E-state index >= 15 is 0 Å². The number of rotatable bonds is 6. The quantitative estimate of drug-likeness (QED) is 0.743. The van der Waals surface area contributed by atoms with Crippen molar-refractivity contribution >= 4 is 5.91 Å². The van der Waals surface area contributed by atoms with Gasteiger partial charge in [0.15, 0.2) is 0 Å². The maximum absolute atomic E-state index is 12.3. The van der Waals surface area contributed by atoms with Gasteiger partial charge in [-0.3, -0.25) is 4.79 Å². The lowest BCUT2D eigenvalue weighted by Gasteiger charge is -2.08. The highest BCUT2D eigenvalue weighted by Gasteiger charge is 2.10. The van der Waals surface area contributed by atoms with Gasteiger partial charge >= 0.3 is 0 Å². The first-order valence-corrected chi connectivity index (χ1v) is 8.09. The minimum Gasteiger partial charge on any atom is -0.473 e. The minimum atomic E-state index is -0.176. The van der Waals surface area contributed by atoms with Gasteiger partial charge < -0.3 is 14.5 Å². The molecule has 2 aromatic heterocycles. The Morgan fingerprint density at radius 2 is 1.96 bits per heavy atom. The molecule has 0 saturated heterocycles. The molecular formula is C20H20N2O3. The van der Waals surface area contributed by atoms with Gasteiger partial charge in [-0.15, -0.1) is 0 Å². The third kappa shape index (κ3) is 4.47. The van der Waals surface area contributed by atoms with Gasteiger partial charge in [-0.25, -0.2) is 4.98 Å². The summed E-state index contributed by atoms with van der Waals surface area (Å²) in [4.78, 5) is 16.5. The molecule has 3 rings (SSSR count). The molecule has 3 aromatic rings. The van der Waals surface area contributed by atoms with Crippen LogP contribution in [0.1, 0.15) is 33.0 Å². The fourth-order valence-corrected chi connectivity index (χ4v) is 2.50. The topological polar surface area (TPSA) is 64.4 Å². The highest BCUT2D eigenvalue weighted by molar-refractivity contribution is 5.94. The molecule has 0 saturated carbocycles. The standard InChI is InChI=1S/C20H20N2O3/c1-14-10-18(15(2)25-14)12-22-20(23)17-8-9-21-19(11-17)24-13-16-6-4-3-5-7-16/h3-11H,12-13H2,1-2H3,(H,22,23). The van der Waals surface area contributed by atoms with E-state index in [1.54, 1.807) is 18.3 Å². The molecule has 5 heteroatoms. The summed E-state index contributed by atoms with van der Waals surface area (Å²) in [6, 6.07) is 15.1. The number of benzene rings is 1. The van der Waals surface area contributed by atoms with Crippen LogP contribution in [-0.2, 0) is 13.2 Å². The Balaban J connectivity index is 1.60. The third-order valence-electron chi connectivity index (χ3n) is 3.81. The molecule has 2 heterocycles. The van der Waals surface area contributed by atoms with Crippen LogP contribution in [0.15, 0.2) is 59.1 Å². The molecule has 0 radical (unpaired) electrons. The van der Waals surface area contributed by atoms with Crippen LogP contribution in [0.3, 0.4) is 0 Å². The largest absolute Gasteiger partial charge is 0.473 e. The number of ether oxygens (including phenoxy) is 1. The minimum absolute atomic E-state index is 0.176. The number of carbonyl (C=O) groups excluding carboxylic acids is 1. The van der Waals surface area contributed by atoms with E-state index in [0.29, 0.717) is 24.6 Å². The number of hydrogen-bond acceptors (Lipinski definition) is 4. The Bertz CT molecular complexity index is 856. The van der Waals surface area contributed by atoms with Crippen LogP contribution < -0.4 is 10.1 Å². The smallest absolute Gasteiger partial charge is 0.251 e. The van der Waals surface area contributed by atoms with Crippen molar-refractivity contribution in [3.63, 3.8) is 0 Å². The predicted molar refractivity (Wildman–Crippen MR) is 94.4 cm³/mol. The molecule has 1 aromatic carbocycles. The summed E-state index contributed by atoms with van der Waals surface area (Å²) in [7, 11) is 0. The SMILES string of the molecule is Cc1cc(CNC(=O)c2ccnc(OCc3ccccc3)c2)c(C)o1. The van der Waals surface area contributed by atoms with Crippen LogP contribution >= 0.6 is 0 Å². The highest BCUT2D eigenvalue weighted by Crippen LogP contribution is 2.15. The number of furan rings is 1. The number of aromatic nitrogens is 1. The van der Waals surface area contributed by atoms with Crippen molar-refractivity contribution in [3.8, 4) is 5.88 Å². The van der Waals surface area contributed by atoms with E-state index in [-0.39, 0.29) is 5.91 Å². The lowest BCUT2D eigenvalue weighted by molar-refractivity contribution is 0.0950. The Labute approximate surface area is 146 Å². The van der Waals surface area contributed by atoms with Crippen molar-refractivity contribution in [1.82, 2.24) is 10.3 Å². The second kappa shape index (κ2) is 7.66. The van der Waals surface area contributed by atoms with Gasteiger partial charge in [0.05, 0.1) is 0 Å². The van der Waals surface area contributed by atoms with Crippen LogP contribution in [0.5, 0.6) is 5.88 Å².